The first kappa shape index (κ1) is 14.5. The van der Waals surface area contributed by atoms with Gasteiger partial charge >= 0.3 is 0 Å². The van der Waals surface area contributed by atoms with E-state index in [1.165, 1.54) is 12.1 Å². The summed E-state index contributed by atoms with van der Waals surface area (Å²) in [6.45, 7) is 1.71. The van der Waals surface area contributed by atoms with Crippen molar-refractivity contribution in [2.24, 2.45) is 0 Å². The minimum Gasteiger partial charge on any atom is -0.395 e. The normalized spacial score (nSPS) is 13.1. The van der Waals surface area contributed by atoms with Gasteiger partial charge < -0.3 is 5.73 Å². The van der Waals surface area contributed by atoms with Crippen molar-refractivity contribution in [3.05, 3.63) is 59.9 Å². The number of sulfonamides is 1. The Morgan fingerprint density at radius 2 is 1.75 bits per heavy atom. The second kappa shape index (κ2) is 5.60. The Morgan fingerprint density at radius 3 is 2.40 bits per heavy atom. The number of hydrogen-bond acceptors (Lipinski definition) is 3. The monoisotopic (exact) mass is 294 g/mol. The maximum Gasteiger partial charge on any atom is 0.243 e. The highest BCUT2D eigenvalue weighted by atomic mass is 32.2. The largest absolute Gasteiger partial charge is 0.395 e. The summed E-state index contributed by atoms with van der Waals surface area (Å²) >= 11 is 0. The second-order valence-electron chi connectivity index (χ2n) is 4.41. The van der Waals surface area contributed by atoms with Crippen LogP contribution in [0.15, 0.2) is 53.4 Å². The third-order valence-electron chi connectivity index (χ3n) is 2.93. The smallest absolute Gasteiger partial charge is 0.243 e. The zero-order valence-electron chi connectivity index (χ0n) is 10.9. The molecule has 2 aromatic rings. The lowest BCUT2D eigenvalue weighted by Gasteiger charge is -2.15. The highest BCUT2D eigenvalue weighted by Crippen LogP contribution is 2.23. The van der Waals surface area contributed by atoms with E-state index in [2.05, 4.69) is 4.72 Å². The van der Waals surface area contributed by atoms with Crippen LogP contribution < -0.4 is 10.5 Å². The fourth-order valence-corrected chi connectivity index (χ4v) is 3.23. The number of nitrogen functional groups attached to an aromatic ring is 1. The average molecular weight is 294 g/mol. The molecule has 106 valence electrons. The summed E-state index contributed by atoms with van der Waals surface area (Å²) < 4.78 is 40.3. The summed E-state index contributed by atoms with van der Waals surface area (Å²) in [5, 5.41) is 0. The second-order valence-corrected chi connectivity index (χ2v) is 6.09. The van der Waals surface area contributed by atoms with E-state index in [1.54, 1.807) is 6.92 Å². The summed E-state index contributed by atoms with van der Waals surface area (Å²) in [6.07, 6.45) is 0. The number of hydrogen-bond donors (Lipinski definition) is 2. The Balaban J connectivity index is 2.30. The number of benzene rings is 2. The van der Waals surface area contributed by atoms with Crippen LogP contribution in [0.2, 0.25) is 0 Å². The van der Waals surface area contributed by atoms with Gasteiger partial charge in [-0.1, -0.05) is 36.4 Å². The zero-order chi connectivity index (χ0) is 14.8. The molecule has 0 amide bonds. The van der Waals surface area contributed by atoms with E-state index in [0.29, 0.717) is 0 Å². The number of halogens is 1. The van der Waals surface area contributed by atoms with Gasteiger partial charge in [0.15, 0.2) is 0 Å². The molecule has 4 nitrogen and oxygen atoms in total. The summed E-state index contributed by atoms with van der Waals surface area (Å²) in [7, 11) is -3.88. The van der Waals surface area contributed by atoms with Gasteiger partial charge in [-0.2, -0.15) is 0 Å². The van der Waals surface area contributed by atoms with Crippen LogP contribution in [-0.4, -0.2) is 8.42 Å². The lowest BCUT2D eigenvalue weighted by atomic mass is 10.1. The standard InChI is InChI=1S/C14H15FN2O2S/c1-10(11-6-3-2-4-7-11)17-20(18,19)13-9-5-8-12(15)14(13)16/h2-10,17H,16H2,1H3/t10-/m0/s1. The molecule has 2 rings (SSSR count). The van der Waals surface area contributed by atoms with Gasteiger partial charge in [-0.3, -0.25) is 0 Å². The van der Waals surface area contributed by atoms with Gasteiger partial charge in [-0.15, -0.1) is 0 Å². The molecule has 0 heterocycles. The third-order valence-corrected chi connectivity index (χ3v) is 4.53. The van der Waals surface area contributed by atoms with Crippen molar-refractivity contribution in [3.8, 4) is 0 Å². The molecule has 1 atom stereocenters. The van der Waals surface area contributed by atoms with Crippen molar-refractivity contribution in [1.29, 1.82) is 0 Å². The summed E-state index contributed by atoms with van der Waals surface area (Å²) in [4.78, 5) is -0.250. The fraction of sp³-hybridized carbons (Fsp3) is 0.143. The number of nitrogens with two attached hydrogens (primary N) is 1. The van der Waals surface area contributed by atoms with Gasteiger partial charge in [-0.05, 0) is 24.6 Å². The van der Waals surface area contributed by atoms with Crippen LogP contribution in [0.1, 0.15) is 18.5 Å². The van der Waals surface area contributed by atoms with E-state index >= 15 is 0 Å². The van der Waals surface area contributed by atoms with Crippen molar-refractivity contribution >= 4 is 15.7 Å². The van der Waals surface area contributed by atoms with Gasteiger partial charge in [0.05, 0.1) is 5.69 Å². The highest BCUT2D eigenvalue weighted by molar-refractivity contribution is 7.89. The van der Waals surface area contributed by atoms with Crippen LogP contribution in [0.4, 0.5) is 10.1 Å². The molecule has 0 radical (unpaired) electrons. The lowest BCUT2D eigenvalue weighted by Crippen LogP contribution is -2.27. The van der Waals surface area contributed by atoms with Crippen LogP contribution in [0.25, 0.3) is 0 Å². The van der Waals surface area contributed by atoms with E-state index in [0.717, 1.165) is 11.6 Å². The number of nitrogens with one attached hydrogen (secondary N) is 1. The van der Waals surface area contributed by atoms with E-state index in [9.17, 15) is 12.8 Å². The van der Waals surface area contributed by atoms with E-state index < -0.39 is 21.9 Å². The van der Waals surface area contributed by atoms with Gasteiger partial charge in [0.25, 0.3) is 0 Å². The predicted octanol–water partition coefficient (Wildman–Crippen LogP) is 2.45. The summed E-state index contributed by atoms with van der Waals surface area (Å²) in [5.74, 6) is -0.750. The molecule has 0 saturated carbocycles. The minimum atomic E-state index is -3.88. The predicted molar refractivity (Wildman–Crippen MR) is 76.0 cm³/mol. The Hall–Kier alpha value is -1.92. The molecule has 0 saturated heterocycles. The third kappa shape index (κ3) is 2.97. The van der Waals surface area contributed by atoms with Gasteiger partial charge in [0.1, 0.15) is 10.7 Å². The molecule has 2 aromatic carbocycles. The summed E-state index contributed by atoms with van der Waals surface area (Å²) in [5.41, 5.74) is 5.93. The molecule has 0 aromatic heterocycles. The summed E-state index contributed by atoms with van der Waals surface area (Å²) in [6, 6.07) is 12.4. The SMILES string of the molecule is C[C@H](NS(=O)(=O)c1cccc(F)c1N)c1ccccc1. The molecule has 20 heavy (non-hydrogen) atoms. The Morgan fingerprint density at radius 1 is 1.10 bits per heavy atom. The molecular weight excluding hydrogens is 279 g/mol. The van der Waals surface area contributed by atoms with Crippen LogP contribution in [0, 0.1) is 5.82 Å². The van der Waals surface area contributed by atoms with Gasteiger partial charge in [-0.25, -0.2) is 17.5 Å². The average Bonchev–Trinajstić information content (AvgIpc) is 2.42. The van der Waals surface area contributed by atoms with Crippen LogP contribution in [0.5, 0.6) is 0 Å². The van der Waals surface area contributed by atoms with Crippen LogP contribution >= 0.6 is 0 Å². The number of para-hydroxylation sites is 1. The molecule has 0 aliphatic rings. The van der Waals surface area contributed by atoms with Crippen molar-refractivity contribution in [3.63, 3.8) is 0 Å². The zero-order valence-corrected chi connectivity index (χ0v) is 11.7. The van der Waals surface area contributed by atoms with Crippen molar-refractivity contribution < 1.29 is 12.8 Å². The first-order chi connectivity index (χ1) is 9.42. The van der Waals surface area contributed by atoms with Crippen molar-refractivity contribution in [2.45, 2.75) is 17.9 Å². The van der Waals surface area contributed by atoms with E-state index in [4.69, 9.17) is 5.73 Å². The Bertz CT molecular complexity index is 702. The minimum absolute atomic E-state index is 0.250. The lowest BCUT2D eigenvalue weighted by molar-refractivity contribution is 0.565. The van der Waals surface area contributed by atoms with E-state index in [-0.39, 0.29) is 10.6 Å². The molecule has 0 aliphatic carbocycles. The van der Waals surface area contributed by atoms with E-state index in [1.807, 2.05) is 30.3 Å². The molecule has 0 unspecified atom stereocenters. The topological polar surface area (TPSA) is 72.2 Å². The quantitative estimate of drug-likeness (QED) is 0.851. The maximum atomic E-state index is 13.4. The van der Waals surface area contributed by atoms with Gasteiger partial charge in [0.2, 0.25) is 10.0 Å². The molecule has 0 fully saturated rings. The molecule has 0 bridgehead atoms. The first-order valence-electron chi connectivity index (χ1n) is 6.03. The first-order valence-corrected chi connectivity index (χ1v) is 7.51. The highest BCUT2D eigenvalue weighted by Gasteiger charge is 2.22. The molecule has 3 N–H and O–H groups in total. The molecule has 0 aliphatic heterocycles. The fourth-order valence-electron chi connectivity index (χ4n) is 1.86. The molecule has 0 spiro atoms. The van der Waals surface area contributed by atoms with Crippen LogP contribution in [0.3, 0.4) is 0 Å². The molecular formula is C14H15FN2O2S. The Kier molecular flexibility index (Phi) is 4.06. The Labute approximate surface area is 117 Å². The van der Waals surface area contributed by atoms with Crippen LogP contribution in [-0.2, 0) is 10.0 Å². The number of rotatable bonds is 4. The maximum absolute atomic E-state index is 13.4. The van der Waals surface area contributed by atoms with Crippen molar-refractivity contribution in [1.82, 2.24) is 4.72 Å². The molecule has 6 heteroatoms. The van der Waals surface area contributed by atoms with Gasteiger partial charge in [0, 0.05) is 6.04 Å². The van der Waals surface area contributed by atoms with Crippen molar-refractivity contribution in [2.75, 3.05) is 5.73 Å². The number of anilines is 1.